The molecular weight excluding hydrogens is 136 g/mol. The van der Waals surface area contributed by atoms with E-state index in [0.29, 0.717) is 11.7 Å². The van der Waals surface area contributed by atoms with E-state index in [4.69, 9.17) is 0 Å². The second kappa shape index (κ2) is 2.65. The molecule has 0 saturated heterocycles. The lowest BCUT2D eigenvalue weighted by molar-refractivity contribution is -0.115. The van der Waals surface area contributed by atoms with Crippen LogP contribution < -0.4 is 0 Å². The molecule has 58 valence electrons. The molecule has 0 amide bonds. The molecule has 0 aliphatic heterocycles. The van der Waals surface area contributed by atoms with Gasteiger partial charge in [-0.25, -0.2) is 0 Å². The zero-order chi connectivity index (χ0) is 7.68. The zero-order valence-electron chi connectivity index (χ0n) is 6.55. The van der Waals surface area contributed by atoms with Gasteiger partial charge in [-0.05, 0) is 36.8 Å². The van der Waals surface area contributed by atoms with Gasteiger partial charge in [0.1, 0.15) is 0 Å². The van der Waals surface area contributed by atoms with Crippen LogP contribution in [-0.2, 0) is 4.79 Å². The third kappa shape index (κ3) is 1.28. The van der Waals surface area contributed by atoms with Gasteiger partial charge in [-0.15, -0.1) is 0 Å². The van der Waals surface area contributed by atoms with Crippen LogP contribution >= 0.6 is 0 Å². The molecule has 0 aromatic carbocycles. The third-order valence-corrected chi connectivity index (χ3v) is 2.53. The second-order valence-electron chi connectivity index (χ2n) is 3.33. The fourth-order valence-corrected chi connectivity index (χ4v) is 1.87. The number of hydrogen-bond donors (Lipinski definition) is 0. The van der Waals surface area contributed by atoms with Crippen LogP contribution in [0.3, 0.4) is 0 Å². The predicted molar refractivity (Wildman–Crippen MR) is 44.2 cm³/mol. The van der Waals surface area contributed by atoms with Crippen molar-refractivity contribution in [3.05, 3.63) is 23.8 Å². The topological polar surface area (TPSA) is 17.1 Å². The smallest absolute Gasteiger partial charge is 0.155 e. The molecule has 11 heavy (non-hydrogen) atoms. The Morgan fingerprint density at radius 3 is 3.18 bits per heavy atom. The van der Waals surface area contributed by atoms with Crippen molar-refractivity contribution >= 4 is 5.78 Å². The molecule has 1 atom stereocenters. The summed E-state index contributed by atoms with van der Waals surface area (Å²) in [6.07, 6.45) is 10.4. The molecule has 0 bridgehead atoms. The highest BCUT2D eigenvalue weighted by molar-refractivity contribution is 5.91. The molecule has 2 aliphatic carbocycles. The summed E-state index contributed by atoms with van der Waals surface area (Å²) in [7, 11) is 0. The van der Waals surface area contributed by atoms with E-state index >= 15 is 0 Å². The summed E-state index contributed by atoms with van der Waals surface area (Å²) >= 11 is 0. The number of carbonyl (C=O) groups is 1. The van der Waals surface area contributed by atoms with E-state index in [2.05, 4.69) is 12.2 Å². The van der Waals surface area contributed by atoms with E-state index in [1.165, 1.54) is 18.4 Å². The van der Waals surface area contributed by atoms with Crippen molar-refractivity contribution in [3.8, 4) is 0 Å². The average Bonchev–Trinajstić information content (AvgIpc) is 2.04. The Morgan fingerprint density at radius 2 is 2.27 bits per heavy atom. The van der Waals surface area contributed by atoms with Crippen molar-refractivity contribution in [1.82, 2.24) is 0 Å². The Bertz CT molecular complexity index is 235. The van der Waals surface area contributed by atoms with Crippen molar-refractivity contribution in [2.24, 2.45) is 5.92 Å². The highest BCUT2D eigenvalue weighted by Gasteiger charge is 2.20. The van der Waals surface area contributed by atoms with Crippen LogP contribution in [0.1, 0.15) is 25.7 Å². The Labute approximate surface area is 66.8 Å². The average molecular weight is 148 g/mol. The van der Waals surface area contributed by atoms with Gasteiger partial charge in [-0.2, -0.15) is 0 Å². The second-order valence-corrected chi connectivity index (χ2v) is 3.33. The molecule has 0 spiro atoms. The van der Waals surface area contributed by atoms with Gasteiger partial charge in [0.05, 0.1) is 0 Å². The van der Waals surface area contributed by atoms with E-state index in [1.807, 2.05) is 6.08 Å². The summed E-state index contributed by atoms with van der Waals surface area (Å²) in [5.41, 5.74) is 1.27. The van der Waals surface area contributed by atoms with Crippen molar-refractivity contribution < 1.29 is 4.79 Å². The van der Waals surface area contributed by atoms with Gasteiger partial charge < -0.3 is 0 Å². The first-order valence-corrected chi connectivity index (χ1v) is 4.27. The minimum absolute atomic E-state index is 0.308. The fraction of sp³-hybridized carbons (Fsp3) is 0.500. The molecular formula is C10H12O. The molecule has 0 radical (unpaired) electrons. The van der Waals surface area contributed by atoms with Gasteiger partial charge in [0.2, 0.25) is 0 Å². The van der Waals surface area contributed by atoms with Crippen molar-refractivity contribution in [1.29, 1.82) is 0 Å². The van der Waals surface area contributed by atoms with Crippen LogP contribution in [-0.4, -0.2) is 5.78 Å². The molecule has 0 saturated carbocycles. The standard InChI is InChI=1S/C10H12O/c11-10-6-5-8-3-1-2-4-9(8)7-10/h2,4,7-8H,1,3,5-6H2. The normalized spacial score (nSPS) is 29.6. The van der Waals surface area contributed by atoms with Crippen LogP contribution in [0.4, 0.5) is 0 Å². The number of ketones is 1. The Kier molecular flexibility index (Phi) is 1.65. The molecule has 0 fully saturated rings. The Hall–Kier alpha value is -0.850. The van der Waals surface area contributed by atoms with E-state index in [0.717, 1.165) is 12.8 Å². The molecule has 0 aromatic rings. The molecule has 2 aliphatic rings. The molecule has 1 heteroatoms. The lowest BCUT2D eigenvalue weighted by atomic mass is 9.81. The maximum absolute atomic E-state index is 11.0. The van der Waals surface area contributed by atoms with Crippen LogP contribution in [0, 0.1) is 5.92 Å². The Balaban J connectivity index is 2.28. The third-order valence-electron chi connectivity index (χ3n) is 2.53. The van der Waals surface area contributed by atoms with Crippen molar-refractivity contribution in [2.45, 2.75) is 25.7 Å². The lowest BCUT2D eigenvalue weighted by Crippen LogP contribution is -2.14. The molecule has 2 rings (SSSR count). The number of rotatable bonds is 0. The highest BCUT2D eigenvalue weighted by atomic mass is 16.1. The summed E-state index contributed by atoms with van der Waals surface area (Å²) < 4.78 is 0. The number of carbonyl (C=O) groups excluding carboxylic acids is 1. The molecule has 0 heterocycles. The van der Waals surface area contributed by atoms with Crippen LogP contribution in [0.25, 0.3) is 0 Å². The first-order valence-electron chi connectivity index (χ1n) is 4.27. The minimum Gasteiger partial charge on any atom is -0.295 e. The first kappa shape index (κ1) is 6.84. The van der Waals surface area contributed by atoms with E-state index in [9.17, 15) is 4.79 Å². The maximum Gasteiger partial charge on any atom is 0.155 e. The number of hydrogen-bond acceptors (Lipinski definition) is 1. The summed E-state index contributed by atoms with van der Waals surface area (Å²) in [6, 6.07) is 0. The summed E-state index contributed by atoms with van der Waals surface area (Å²) in [5, 5.41) is 0. The van der Waals surface area contributed by atoms with Gasteiger partial charge in [-0.3, -0.25) is 4.79 Å². The zero-order valence-corrected chi connectivity index (χ0v) is 6.55. The van der Waals surface area contributed by atoms with Crippen molar-refractivity contribution in [3.63, 3.8) is 0 Å². The Morgan fingerprint density at radius 1 is 1.36 bits per heavy atom. The largest absolute Gasteiger partial charge is 0.295 e. The van der Waals surface area contributed by atoms with Gasteiger partial charge in [0.15, 0.2) is 5.78 Å². The summed E-state index contributed by atoms with van der Waals surface area (Å²) in [6.45, 7) is 0. The molecule has 0 aromatic heterocycles. The summed E-state index contributed by atoms with van der Waals surface area (Å²) in [4.78, 5) is 11.0. The monoisotopic (exact) mass is 148 g/mol. The van der Waals surface area contributed by atoms with E-state index < -0.39 is 0 Å². The highest BCUT2D eigenvalue weighted by Crippen LogP contribution is 2.31. The van der Waals surface area contributed by atoms with Crippen LogP contribution in [0.15, 0.2) is 23.8 Å². The van der Waals surface area contributed by atoms with Crippen LogP contribution in [0.2, 0.25) is 0 Å². The molecule has 1 nitrogen and oxygen atoms in total. The van der Waals surface area contributed by atoms with Gasteiger partial charge in [-0.1, -0.05) is 12.2 Å². The number of fused-ring (bicyclic) bond motifs is 1. The lowest BCUT2D eigenvalue weighted by Gasteiger charge is -2.23. The summed E-state index contributed by atoms with van der Waals surface area (Å²) in [5.74, 6) is 1.00. The van der Waals surface area contributed by atoms with Gasteiger partial charge in [0, 0.05) is 6.42 Å². The van der Waals surface area contributed by atoms with Gasteiger partial charge >= 0.3 is 0 Å². The molecule has 1 unspecified atom stereocenters. The van der Waals surface area contributed by atoms with E-state index in [1.54, 1.807) is 0 Å². The van der Waals surface area contributed by atoms with E-state index in [-0.39, 0.29) is 0 Å². The SMILES string of the molecule is O=C1C=C2C=CCCC2CC1. The van der Waals surface area contributed by atoms with Crippen LogP contribution in [0.5, 0.6) is 0 Å². The first-order chi connectivity index (χ1) is 5.36. The fourth-order valence-electron chi connectivity index (χ4n) is 1.87. The quantitative estimate of drug-likeness (QED) is 0.515. The van der Waals surface area contributed by atoms with Gasteiger partial charge in [0.25, 0.3) is 0 Å². The van der Waals surface area contributed by atoms with Crippen molar-refractivity contribution in [2.75, 3.05) is 0 Å². The maximum atomic E-state index is 11.0. The minimum atomic E-state index is 0.308. The number of allylic oxidation sites excluding steroid dienone is 4. The molecule has 0 N–H and O–H groups in total. The predicted octanol–water partition coefficient (Wildman–Crippen LogP) is 2.24.